The number of hydrogen-bond acceptors (Lipinski definition) is 4. The zero-order valence-electron chi connectivity index (χ0n) is 13.7. The van der Waals surface area contributed by atoms with Crippen molar-refractivity contribution >= 4 is 37.3 Å². The molecule has 0 aliphatic rings. The summed E-state index contributed by atoms with van der Waals surface area (Å²) in [4.78, 5) is 17.1. The van der Waals surface area contributed by atoms with Gasteiger partial charge in [-0.1, -0.05) is 31.6 Å². The fourth-order valence-corrected chi connectivity index (χ4v) is 4.13. The lowest BCUT2D eigenvalue weighted by Crippen LogP contribution is -2.16. The van der Waals surface area contributed by atoms with Gasteiger partial charge in [-0.25, -0.2) is 8.42 Å². The number of thiazole rings is 1. The van der Waals surface area contributed by atoms with Gasteiger partial charge in [0.25, 0.3) is 0 Å². The standard InChI is InChI=1S/C16H22N2O3S2/c1-4-6-7-15(19)17-16-18(10-5-2)13-9-8-12(23(3,20)21)11-14(13)22-16/h8-9,11H,4-7,10H2,1-3H3. The molecule has 23 heavy (non-hydrogen) atoms. The highest BCUT2D eigenvalue weighted by Crippen LogP contribution is 2.22. The van der Waals surface area contributed by atoms with Crippen LogP contribution in [0.5, 0.6) is 0 Å². The molecule has 0 unspecified atom stereocenters. The first kappa shape index (κ1) is 17.9. The van der Waals surface area contributed by atoms with Crippen molar-refractivity contribution in [1.29, 1.82) is 0 Å². The summed E-state index contributed by atoms with van der Waals surface area (Å²) in [5.74, 6) is -0.119. The number of amides is 1. The Kier molecular flexibility index (Phi) is 5.75. The van der Waals surface area contributed by atoms with E-state index in [1.165, 1.54) is 17.6 Å². The highest BCUT2D eigenvalue weighted by molar-refractivity contribution is 7.90. The summed E-state index contributed by atoms with van der Waals surface area (Å²) < 4.78 is 26.3. The summed E-state index contributed by atoms with van der Waals surface area (Å²) in [6.07, 6.45) is 4.35. The lowest BCUT2D eigenvalue weighted by atomic mass is 10.2. The van der Waals surface area contributed by atoms with E-state index >= 15 is 0 Å². The minimum Gasteiger partial charge on any atom is -0.316 e. The fourth-order valence-electron chi connectivity index (χ4n) is 2.30. The highest BCUT2D eigenvalue weighted by atomic mass is 32.2. The Morgan fingerprint density at radius 2 is 2.00 bits per heavy atom. The van der Waals surface area contributed by atoms with Gasteiger partial charge in [0, 0.05) is 19.2 Å². The number of aryl methyl sites for hydroxylation is 1. The lowest BCUT2D eigenvalue weighted by Gasteiger charge is -2.03. The molecule has 0 bridgehead atoms. The number of carbonyl (C=O) groups excluding carboxylic acids is 1. The first-order chi connectivity index (χ1) is 10.9. The first-order valence-electron chi connectivity index (χ1n) is 7.77. The second-order valence-corrected chi connectivity index (χ2v) is 8.57. The molecule has 0 saturated carbocycles. The van der Waals surface area contributed by atoms with Gasteiger partial charge >= 0.3 is 0 Å². The molecule has 1 heterocycles. The van der Waals surface area contributed by atoms with E-state index < -0.39 is 9.84 Å². The number of aromatic nitrogens is 1. The molecule has 0 spiro atoms. The molecule has 0 atom stereocenters. The topological polar surface area (TPSA) is 68.5 Å². The number of benzene rings is 1. The summed E-state index contributed by atoms with van der Waals surface area (Å²) in [5.41, 5.74) is 0.922. The average Bonchev–Trinajstić information content (AvgIpc) is 2.81. The molecule has 0 saturated heterocycles. The highest BCUT2D eigenvalue weighted by Gasteiger charge is 2.12. The van der Waals surface area contributed by atoms with E-state index in [0.717, 1.165) is 36.0 Å². The number of rotatable bonds is 6. The van der Waals surface area contributed by atoms with E-state index in [2.05, 4.69) is 11.9 Å². The molecular formula is C16H22N2O3S2. The molecular weight excluding hydrogens is 332 g/mol. The molecule has 2 aromatic rings. The zero-order valence-corrected chi connectivity index (χ0v) is 15.3. The van der Waals surface area contributed by atoms with E-state index in [4.69, 9.17) is 0 Å². The largest absolute Gasteiger partial charge is 0.316 e. The van der Waals surface area contributed by atoms with Crippen LogP contribution in [-0.4, -0.2) is 25.1 Å². The van der Waals surface area contributed by atoms with Crippen LogP contribution in [0, 0.1) is 0 Å². The van der Waals surface area contributed by atoms with Crippen LogP contribution in [0.25, 0.3) is 10.2 Å². The van der Waals surface area contributed by atoms with Crippen LogP contribution >= 0.6 is 11.3 Å². The van der Waals surface area contributed by atoms with E-state index in [1.54, 1.807) is 18.2 Å². The van der Waals surface area contributed by atoms with Crippen LogP contribution in [0.3, 0.4) is 0 Å². The third-order valence-electron chi connectivity index (χ3n) is 3.49. The number of nitrogens with zero attached hydrogens (tertiary/aromatic N) is 2. The van der Waals surface area contributed by atoms with Crippen molar-refractivity contribution < 1.29 is 13.2 Å². The molecule has 1 amide bonds. The van der Waals surface area contributed by atoms with Gasteiger partial charge in [-0.2, -0.15) is 4.99 Å². The Balaban J connectivity index is 2.57. The second kappa shape index (κ2) is 7.40. The Morgan fingerprint density at radius 3 is 2.61 bits per heavy atom. The maximum Gasteiger partial charge on any atom is 0.248 e. The van der Waals surface area contributed by atoms with Gasteiger partial charge in [-0.15, -0.1) is 0 Å². The molecule has 126 valence electrons. The number of carbonyl (C=O) groups is 1. The van der Waals surface area contributed by atoms with Crippen molar-refractivity contribution in [3.05, 3.63) is 23.0 Å². The first-order valence-corrected chi connectivity index (χ1v) is 10.5. The van der Waals surface area contributed by atoms with Crippen molar-refractivity contribution in [1.82, 2.24) is 4.57 Å². The van der Waals surface area contributed by atoms with Crippen LogP contribution in [0.15, 0.2) is 28.1 Å². The molecule has 0 fully saturated rings. The van der Waals surface area contributed by atoms with Crippen LogP contribution in [0.4, 0.5) is 0 Å². The van der Waals surface area contributed by atoms with E-state index in [1.807, 2.05) is 11.5 Å². The van der Waals surface area contributed by atoms with Gasteiger partial charge in [0.15, 0.2) is 14.6 Å². The number of fused-ring (bicyclic) bond motifs is 1. The summed E-state index contributed by atoms with van der Waals surface area (Å²) in [6, 6.07) is 5.07. The predicted octanol–water partition coefficient (Wildman–Crippen LogP) is 3.13. The fraction of sp³-hybridized carbons (Fsp3) is 0.500. The van der Waals surface area contributed by atoms with Crippen LogP contribution in [0.1, 0.15) is 39.5 Å². The Labute approximate surface area is 140 Å². The monoisotopic (exact) mass is 354 g/mol. The van der Waals surface area contributed by atoms with Gasteiger partial charge < -0.3 is 4.57 Å². The van der Waals surface area contributed by atoms with Crippen molar-refractivity contribution in [2.75, 3.05) is 6.26 Å². The summed E-state index contributed by atoms with van der Waals surface area (Å²) in [6.45, 7) is 4.85. The maximum atomic E-state index is 12.0. The number of hydrogen-bond donors (Lipinski definition) is 0. The molecule has 1 aromatic heterocycles. The van der Waals surface area contributed by atoms with Gasteiger partial charge in [0.05, 0.1) is 15.1 Å². The van der Waals surface area contributed by atoms with Crippen molar-refractivity contribution in [2.24, 2.45) is 4.99 Å². The molecule has 0 aliphatic carbocycles. The van der Waals surface area contributed by atoms with E-state index in [-0.39, 0.29) is 5.91 Å². The van der Waals surface area contributed by atoms with Crippen molar-refractivity contribution in [2.45, 2.75) is 51.0 Å². The Bertz CT molecular complexity index is 876. The van der Waals surface area contributed by atoms with Crippen LogP contribution in [0.2, 0.25) is 0 Å². The van der Waals surface area contributed by atoms with Gasteiger partial charge in [0.2, 0.25) is 5.91 Å². The zero-order chi connectivity index (χ0) is 17.0. The Hall–Kier alpha value is -1.47. The van der Waals surface area contributed by atoms with E-state index in [0.29, 0.717) is 16.1 Å². The smallest absolute Gasteiger partial charge is 0.248 e. The molecule has 7 heteroatoms. The summed E-state index contributed by atoms with van der Waals surface area (Å²) in [7, 11) is -3.25. The molecule has 0 N–H and O–H groups in total. The minimum atomic E-state index is -3.25. The van der Waals surface area contributed by atoms with Gasteiger partial charge in [-0.3, -0.25) is 4.79 Å². The normalized spacial score (nSPS) is 12.9. The Morgan fingerprint density at radius 1 is 1.26 bits per heavy atom. The average molecular weight is 354 g/mol. The van der Waals surface area contributed by atoms with E-state index in [9.17, 15) is 13.2 Å². The second-order valence-electron chi connectivity index (χ2n) is 5.55. The maximum absolute atomic E-state index is 12.0. The molecule has 5 nitrogen and oxygen atoms in total. The van der Waals surface area contributed by atoms with Crippen molar-refractivity contribution in [3.8, 4) is 0 Å². The number of sulfone groups is 1. The third-order valence-corrected chi connectivity index (χ3v) is 5.65. The quantitative estimate of drug-likeness (QED) is 0.800. The SMILES string of the molecule is CCCCC(=O)N=c1sc2cc(S(C)(=O)=O)ccc2n1CCC. The van der Waals surface area contributed by atoms with Crippen molar-refractivity contribution in [3.63, 3.8) is 0 Å². The van der Waals surface area contributed by atoms with Gasteiger partial charge in [0.1, 0.15) is 0 Å². The molecule has 0 aliphatic heterocycles. The lowest BCUT2D eigenvalue weighted by molar-refractivity contribution is -0.118. The van der Waals surface area contributed by atoms with Crippen LogP contribution < -0.4 is 4.80 Å². The summed E-state index contributed by atoms with van der Waals surface area (Å²) >= 11 is 1.37. The molecule has 0 radical (unpaired) electrons. The minimum absolute atomic E-state index is 0.119. The summed E-state index contributed by atoms with van der Waals surface area (Å²) in [5, 5.41) is 0. The molecule has 2 rings (SSSR count). The van der Waals surface area contributed by atoms with Gasteiger partial charge in [-0.05, 0) is 31.0 Å². The number of unbranched alkanes of at least 4 members (excludes halogenated alkanes) is 1. The molecule has 1 aromatic carbocycles. The predicted molar refractivity (Wildman–Crippen MR) is 93.3 cm³/mol. The third kappa shape index (κ3) is 4.29. The van der Waals surface area contributed by atoms with Crippen LogP contribution in [-0.2, 0) is 21.2 Å².